The quantitative estimate of drug-likeness (QED) is 0.442. The molecule has 0 saturated heterocycles. The fraction of sp³-hybridized carbons (Fsp3) is 0.833. The number of aromatic nitrogens is 1. The Kier molecular flexibility index (Phi) is 6.43. The van der Waals surface area contributed by atoms with Crippen LogP contribution in [0.3, 0.4) is 0 Å². The summed E-state index contributed by atoms with van der Waals surface area (Å²) in [5.74, 6) is 1.71. The Labute approximate surface area is 212 Å². The normalized spacial score (nSPS) is 48.0. The number of fused-ring (bicyclic) bond motifs is 5. The van der Waals surface area contributed by atoms with Crippen LogP contribution in [-0.2, 0) is 0 Å². The van der Waals surface area contributed by atoms with Gasteiger partial charge >= 0.3 is 0 Å². The molecule has 0 amide bonds. The second-order valence-corrected chi connectivity index (χ2v) is 13.5. The van der Waals surface area contributed by atoms with Gasteiger partial charge in [-0.15, -0.1) is 0 Å². The third kappa shape index (κ3) is 3.83. The molecular formula is C30H49N3O2. The SMILES string of the molecule is CC[C@]1(O)CCC2(C)[C@H]3CCC4(C)C(CCCC(O)c5ccccn5)CC[C@@]4(N)C3CC[C@@]2(N)C1. The molecule has 1 heterocycles. The highest BCUT2D eigenvalue weighted by molar-refractivity contribution is 5.23. The van der Waals surface area contributed by atoms with E-state index in [0.29, 0.717) is 17.8 Å². The highest BCUT2D eigenvalue weighted by Gasteiger charge is 2.68. The van der Waals surface area contributed by atoms with E-state index >= 15 is 0 Å². The van der Waals surface area contributed by atoms with Crippen LogP contribution in [0.1, 0.15) is 116 Å². The number of nitrogens with zero attached hydrogens (tertiary/aromatic N) is 1. The van der Waals surface area contributed by atoms with Gasteiger partial charge in [-0.1, -0.05) is 33.3 Å². The van der Waals surface area contributed by atoms with Gasteiger partial charge in [0, 0.05) is 17.3 Å². The predicted octanol–water partition coefficient (Wildman–Crippen LogP) is 5.25. The maximum atomic E-state index is 11.1. The zero-order valence-corrected chi connectivity index (χ0v) is 22.3. The van der Waals surface area contributed by atoms with Crippen molar-refractivity contribution in [1.29, 1.82) is 0 Å². The highest BCUT2D eigenvalue weighted by atomic mass is 16.3. The Morgan fingerprint density at radius 3 is 2.49 bits per heavy atom. The van der Waals surface area contributed by atoms with Gasteiger partial charge in [-0.3, -0.25) is 4.98 Å². The van der Waals surface area contributed by atoms with Gasteiger partial charge in [-0.05, 0) is 118 Å². The molecule has 5 nitrogen and oxygen atoms in total. The molecule has 4 fully saturated rings. The zero-order chi connectivity index (χ0) is 25.1. The first-order valence-corrected chi connectivity index (χ1v) is 14.4. The van der Waals surface area contributed by atoms with Crippen LogP contribution in [-0.4, -0.2) is 31.9 Å². The molecule has 0 aliphatic heterocycles. The number of aliphatic hydroxyl groups excluding tert-OH is 1. The third-order valence-corrected chi connectivity index (χ3v) is 12.3. The number of hydrogen-bond acceptors (Lipinski definition) is 5. The van der Waals surface area contributed by atoms with E-state index in [4.69, 9.17) is 11.5 Å². The maximum absolute atomic E-state index is 11.1. The van der Waals surface area contributed by atoms with Gasteiger partial charge in [-0.25, -0.2) is 0 Å². The summed E-state index contributed by atoms with van der Waals surface area (Å²) in [7, 11) is 0. The van der Waals surface area contributed by atoms with Gasteiger partial charge in [0.05, 0.1) is 17.4 Å². The Morgan fingerprint density at radius 1 is 1.00 bits per heavy atom. The molecule has 0 radical (unpaired) electrons. The molecule has 0 bridgehead atoms. The summed E-state index contributed by atoms with van der Waals surface area (Å²) < 4.78 is 0. The van der Waals surface area contributed by atoms with Gasteiger partial charge < -0.3 is 21.7 Å². The van der Waals surface area contributed by atoms with Crippen LogP contribution < -0.4 is 11.5 Å². The predicted molar refractivity (Wildman–Crippen MR) is 140 cm³/mol. The molecule has 0 spiro atoms. The molecule has 5 rings (SSSR count). The minimum atomic E-state index is -0.594. The average molecular weight is 484 g/mol. The number of aliphatic hydroxyl groups is 2. The fourth-order valence-electron chi connectivity index (χ4n) is 9.68. The van der Waals surface area contributed by atoms with E-state index in [1.54, 1.807) is 6.20 Å². The van der Waals surface area contributed by atoms with Crippen molar-refractivity contribution >= 4 is 0 Å². The Hall–Kier alpha value is -1.01. The van der Waals surface area contributed by atoms with E-state index in [1.807, 2.05) is 18.2 Å². The number of hydrogen-bond donors (Lipinski definition) is 4. The van der Waals surface area contributed by atoms with Gasteiger partial charge in [0.2, 0.25) is 0 Å². The van der Waals surface area contributed by atoms with Crippen molar-refractivity contribution in [2.75, 3.05) is 0 Å². The van der Waals surface area contributed by atoms with Crippen molar-refractivity contribution in [3.63, 3.8) is 0 Å². The Bertz CT molecular complexity index is 912. The smallest absolute Gasteiger partial charge is 0.0959 e. The largest absolute Gasteiger partial charge is 0.390 e. The minimum Gasteiger partial charge on any atom is -0.390 e. The van der Waals surface area contributed by atoms with Crippen molar-refractivity contribution in [1.82, 2.24) is 4.98 Å². The first kappa shape index (κ1) is 25.6. The summed E-state index contributed by atoms with van der Waals surface area (Å²) in [5, 5.41) is 21.7. The van der Waals surface area contributed by atoms with Gasteiger partial charge in [0.25, 0.3) is 0 Å². The number of nitrogens with two attached hydrogens (primary N) is 2. The van der Waals surface area contributed by atoms with Crippen molar-refractivity contribution in [3.8, 4) is 0 Å². The topological polar surface area (TPSA) is 105 Å². The zero-order valence-electron chi connectivity index (χ0n) is 22.3. The van der Waals surface area contributed by atoms with E-state index in [1.165, 1.54) is 19.3 Å². The summed E-state index contributed by atoms with van der Waals surface area (Å²) in [4.78, 5) is 4.33. The summed E-state index contributed by atoms with van der Waals surface area (Å²) in [5.41, 5.74) is 14.7. The van der Waals surface area contributed by atoms with Crippen LogP contribution in [0.15, 0.2) is 24.4 Å². The lowest BCUT2D eigenvalue weighted by Gasteiger charge is -2.68. The van der Waals surface area contributed by atoms with Crippen LogP contribution in [0.5, 0.6) is 0 Å². The molecule has 0 aromatic carbocycles. The number of rotatable bonds is 6. The van der Waals surface area contributed by atoms with Crippen LogP contribution in [0.2, 0.25) is 0 Å². The van der Waals surface area contributed by atoms with Crippen molar-refractivity contribution in [2.45, 2.75) is 127 Å². The summed E-state index contributed by atoms with van der Waals surface area (Å²) in [6.45, 7) is 7.03. The molecule has 5 heteroatoms. The lowest BCUT2D eigenvalue weighted by molar-refractivity contribution is -0.168. The molecule has 4 saturated carbocycles. The third-order valence-electron chi connectivity index (χ3n) is 12.3. The van der Waals surface area contributed by atoms with Crippen molar-refractivity contribution in [3.05, 3.63) is 30.1 Å². The molecule has 1 aromatic rings. The number of pyridine rings is 1. The summed E-state index contributed by atoms with van der Waals surface area (Å²) >= 11 is 0. The average Bonchev–Trinajstić information content (AvgIpc) is 3.11. The van der Waals surface area contributed by atoms with Crippen LogP contribution >= 0.6 is 0 Å². The lowest BCUT2D eigenvalue weighted by Crippen LogP contribution is -2.73. The second kappa shape index (κ2) is 8.79. The molecule has 4 aliphatic carbocycles. The van der Waals surface area contributed by atoms with Crippen LogP contribution in [0.4, 0.5) is 0 Å². The molecule has 196 valence electrons. The second-order valence-electron chi connectivity index (χ2n) is 13.5. The van der Waals surface area contributed by atoms with E-state index in [-0.39, 0.29) is 21.9 Å². The standard InChI is InChI=1S/C30H49N3O2/c1-4-28(35)18-17-27(3)22-12-14-26(2)21(8-7-10-25(34)24-9-5-6-19-33-24)11-16-30(26,32)23(22)13-15-29(27,31)20-28/h5-6,9,19,21-23,25,34-35H,4,7-8,10-18,20,31-32H2,1-3H3/t21?,22-,23?,25?,26?,27?,28-,29+,30+/m0/s1. The molecule has 6 N–H and O–H groups in total. The van der Waals surface area contributed by atoms with Crippen molar-refractivity contribution in [2.24, 2.45) is 40.1 Å². The molecule has 5 unspecified atom stereocenters. The summed E-state index contributed by atoms with van der Waals surface area (Å²) in [6, 6.07) is 5.76. The molecular weight excluding hydrogens is 434 g/mol. The highest BCUT2D eigenvalue weighted by Crippen LogP contribution is 2.69. The first-order chi connectivity index (χ1) is 16.5. The van der Waals surface area contributed by atoms with E-state index < -0.39 is 11.7 Å². The maximum Gasteiger partial charge on any atom is 0.0959 e. The molecule has 1 aromatic heterocycles. The van der Waals surface area contributed by atoms with E-state index in [9.17, 15) is 10.2 Å². The van der Waals surface area contributed by atoms with Crippen LogP contribution in [0, 0.1) is 28.6 Å². The van der Waals surface area contributed by atoms with Gasteiger partial charge in [-0.2, -0.15) is 0 Å². The Balaban J connectivity index is 1.29. The monoisotopic (exact) mass is 483 g/mol. The van der Waals surface area contributed by atoms with Gasteiger partial charge in [0.15, 0.2) is 0 Å². The minimum absolute atomic E-state index is 0.0654. The van der Waals surface area contributed by atoms with Crippen LogP contribution in [0.25, 0.3) is 0 Å². The fourth-order valence-corrected chi connectivity index (χ4v) is 9.68. The summed E-state index contributed by atoms with van der Waals surface area (Å²) in [6.07, 6.45) is 14.4. The lowest BCUT2D eigenvalue weighted by atomic mass is 9.40. The van der Waals surface area contributed by atoms with E-state index in [0.717, 1.165) is 69.9 Å². The Morgan fingerprint density at radius 2 is 1.77 bits per heavy atom. The molecule has 9 atom stereocenters. The van der Waals surface area contributed by atoms with Crippen molar-refractivity contribution < 1.29 is 10.2 Å². The molecule has 4 aliphatic rings. The van der Waals surface area contributed by atoms with E-state index in [2.05, 4.69) is 25.8 Å². The van der Waals surface area contributed by atoms with Gasteiger partial charge in [0.1, 0.15) is 0 Å². The molecule has 35 heavy (non-hydrogen) atoms. The first-order valence-electron chi connectivity index (χ1n) is 14.4.